The fourth-order valence-electron chi connectivity index (χ4n) is 1.84. The SMILES string of the molecule is COc1c(-c2cnoc2N)cc2c(c1F)OCO2. The van der Waals surface area contributed by atoms with Gasteiger partial charge in [0.05, 0.1) is 18.9 Å². The zero-order chi connectivity index (χ0) is 12.7. The minimum absolute atomic E-state index is 0.00847. The zero-order valence-electron chi connectivity index (χ0n) is 9.40. The first kappa shape index (κ1) is 10.7. The molecule has 0 bridgehead atoms. The fourth-order valence-corrected chi connectivity index (χ4v) is 1.84. The molecule has 18 heavy (non-hydrogen) atoms. The number of hydrogen-bond donors (Lipinski definition) is 1. The summed E-state index contributed by atoms with van der Waals surface area (Å²) in [5.74, 6) is -0.224. The standard InChI is InChI=1S/C11H9FN2O4/c1-15-9-5(6-3-14-18-11(6)13)2-7-10(8(9)12)17-4-16-7/h2-3H,4,13H2,1H3. The number of nitrogen functional groups attached to an aromatic ring is 1. The van der Waals surface area contributed by atoms with Gasteiger partial charge in [0, 0.05) is 5.56 Å². The third-order valence-electron chi connectivity index (χ3n) is 2.65. The van der Waals surface area contributed by atoms with Gasteiger partial charge in [-0.2, -0.15) is 4.39 Å². The lowest BCUT2D eigenvalue weighted by Gasteiger charge is -2.10. The number of ether oxygens (including phenoxy) is 3. The van der Waals surface area contributed by atoms with E-state index in [0.29, 0.717) is 16.9 Å². The molecule has 1 aliphatic heterocycles. The average molecular weight is 252 g/mol. The maximum absolute atomic E-state index is 14.1. The van der Waals surface area contributed by atoms with Gasteiger partial charge in [-0.15, -0.1) is 0 Å². The molecule has 0 saturated carbocycles. The van der Waals surface area contributed by atoms with E-state index < -0.39 is 5.82 Å². The number of nitrogens with two attached hydrogens (primary N) is 1. The highest BCUT2D eigenvalue weighted by Gasteiger charge is 2.27. The first-order valence-corrected chi connectivity index (χ1v) is 5.09. The Hall–Kier alpha value is -2.44. The van der Waals surface area contributed by atoms with Crippen molar-refractivity contribution in [1.29, 1.82) is 0 Å². The molecule has 1 aliphatic rings. The van der Waals surface area contributed by atoms with Gasteiger partial charge < -0.3 is 24.5 Å². The van der Waals surface area contributed by atoms with E-state index in [1.54, 1.807) is 6.07 Å². The van der Waals surface area contributed by atoms with Crippen LogP contribution in [0.2, 0.25) is 0 Å². The van der Waals surface area contributed by atoms with Gasteiger partial charge in [0.25, 0.3) is 0 Å². The molecule has 0 aliphatic carbocycles. The van der Waals surface area contributed by atoms with Crippen LogP contribution in [0.1, 0.15) is 0 Å². The summed E-state index contributed by atoms with van der Waals surface area (Å²) in [6.07, 6.45) is 1.38. The van der Waals surface area contributed by atoms with E-state index in [4.69, 9.17) is 24.5 Å². The van der Waals surface area contributed by atoms with Gasteiger partial charge in [0.1, 0.15) is 0 Å². The van der Waals surface area contributed by atoms with E-state index in [2.05, 4.69) is 5.16 Å². The Morgan fingerprint density at radius 1 is 1.39 bits per heavy atom. The van der Waals surface area contributed by atoms with Crippen molar-refractivity contribution in [3.8, 4) is 28.4 Å². The van der Waals surface area contributed by atoms with Crippen LogP contribution in [0.15, 0.2) is 16.8 Å². The quantitative estimate of drug-likeness (QED) is 0.877. The lowest BCUT2D eigenvalue weighted by Crippen LogP contribution is -1.95. The number of rotatable bonds is 2. The summed E-state index contributed by atoms with van der Waals surface area (Å²) in [4.78, 5) is 0. The third-order valence-corrected chi connectivity index (χ3v) is 2.65. The smallest absolute Gasteiger partial charge is 0.231 e. The zero-order valence-corrected chi connectivity index (χ0v) is 9.40. The molecule has 3 rings (SSSR count). The lowest BCUT2D eigenvalue weighted by atomic mass is 10.1. The number of methoxy groups -OCH3 is 1. The molecule has 0 spiro atoms. The van der Waals surface area contributed by atoms with Crippen LogP contribution in [0, 0.1) is 5.82 Å². The molecule has 6 nitrogen and oxygen atoms in total. The Balaban J connectivity index is 2.27. The molecule has 0 unspecified atom stereocenters. The summed E-state index contributed by atoms with van der Waals surface area (Å²) in [5, 5.41) is 3.55. The van der Waals surface area contributed by atoms with Gasteiger partial charge in [0.15, 0.2) is 11.5 Å². The minimum Gasteiger partial charge on any atom is -0.493 e. The predicted octanol–water partition coefficient (Wildman–Crippen LogP) is 1.80. The van der Waals surface area contributed by atoms with Crippen molar-refractivity contribution in [1.82, 2.24) is 5.16 Å². The van der Waals surface area contributed by atoms with E-state index in [1.807, 2.05) is 0 Å². The Bertz CT molecular complexity index is 611. The monoisotopic (exact) mass is 252 g/mol. The van der Waals surface area contributed by atoms with Gasteiger partial charge in [0.2, 0.25) is 24.2 Å². The molecule has 0 saturated heterocycles. The Morgan fingerprint density at radius 2 is 2.22 bits per heavy atom. The number of hydrogen-bond acceptors (Lipinski definition) is 6. The van der Waals surface area contributed by atoms with Crippen LogP contribution in [-0.4, -0.2) is 19.1 Å². The van der Waals surface area contributed by atoms with Gasteiger partial charge >= 0.3 is 0 Å². The van der Waals surface area contributed by atoms with Crippen molar-refractivity contribution in [3.05, 3.63) is 18.1 Å². The van der Waals surface area contributed by atoms with Crippen LogP contribution in [0.5, 0.6) is 17.2 Å². The van der Waals surface area contributed by atoms with Crippen LogP contribution < -0.4 is 19.9 Å². The Morgan fingerprint density at radius 3 is 2.89 bits per heavy atom. The maximum atomic E-state index is 14.1. The van der Waals surface area contributed by atoms with Crippen molar-refractivity contribution in [2.24, 2.45) is 0 Å². The summed E-state index contributed by atoms with van der Waals surface area (Å²) in [5.41, 5.74) is 6.45. The number of halogens is 1. The molecule has 1 aromatic carbocycles. The maximum Gasteiger partial charge on any atom is 0.231 e. The molecule has 0 fully saturated rings. The van der Waals surface area contributed by atoms with Crippen molar-refractivity contribution < 1.29 is 23.1 Å². The fraction of sp³-hybridized carbons (Fsp3) is 0.182. The van der Waals surface area contributed by atoms with Crippen LogP contribution in [-0.2, 0) is 0 Å². The minimum atomic E-state index is -0.636. The summed E-state index contributed by atoms with van der Waals surface area (Å²) in [6, 6.07) is 1.58. The largest absolute Gasteiger partial charge is 0.493 e. The summed E-state index contributed by atoms with van der Waals surface area (Å²) < 4.78 is 34.1. The van der Waals surface area contributed by atoms with E-state index in [1.165, 1.54) is 13.3 Å². The van der Waals surface area contributed by atoms with E-state index in [9.17, 15) is 4.39 Å². The Kier molecular flexibility index (Phi) is 2.26. The Labute approximate surface area is 101 Å². The molecule has 2 aromatic rings. The van der Waals surface area contributed by atoms with E-state index >= 15 is 0 Å². The molecule has 94 valence electrons. The molecular formula is C11H9FN2O4. The first-order valence-electron chi connectivity index (χ1n) is 5.09. The van der Waals surface area contributed by atoms with Crippen molar-refractivity contribution in [2.75, 3.05) is 19.6 Å². The molecule has 2 N–H and O–H groups in total. The molecule has 1 aromatic heterocycles. The third kappa shape index (κ3) is 1.37. The highest BCUT2D eigenvalue weighted by molar-refractivity contribution is 5.80. The molecule has 0 radical (unpaired) electrons. The van der Waals surface area contributed by atoms with Gasteiger partial charge in [-0.05, 0) is 6.07 Å². The summed E-state index contributed by atoms with van der Waals surface area (Å²) in [7, 11) is 1.35. The summed E-state index contributed by atoms with van der Waals surface area (Å²) in [6.45, 7) is -0.0298. The second-order valence-corrected chi connectivity index (χ2v) is 3.61. The van der Waals surface area contributed by atoms with Crippen LogP contribution in [0.25, 0.3) is 11.1 Å². The molecule has 2 heterocycles. The normalized spacial score (nSPS) is 12.8. The molecular weight excluding hydrogens is 243 g/mol. The molecule has 0 atom stereocenters. The van der Waals surface area contributed by atoms with E-state index in [0.717, 1.165) is 0 Å². The van der Waals surface area contributed by atoms with Crippen molar-refractivity contribution >= 4 is 5.88 Å². The number of nitrogens with zero attached hydrogens (tertiary/aromatic N) is 1. The van der Waals surface area contributed by atoms with E-state index in [-0.39, 0.29) is 24.2 Å². The number of anilines is 1. The topological polar surface area (TPSA) is 79.7 Å². The highest BCUT2D eigenvalue weighted by atomic mass is 19.1. The second kappa shape index (κ2) is 3.80. The highest BCUT2D eigenvalue weighted by Crippen LogP contribution is 2.46. The lowest BCUT2D eigenvalue weighted by molar-refractivity contribution is 0.170. The average Bonchev–Trinajstić information content (AvgIpc) is 2.97. The van der Waals surface area contributed by atoms with Crippen molar-refractivity contribution in [3.63, 3.8) is 0 Å². The van der Waals surface area contributed by atoms with Gasteiger partial charge in [-0.25, -0.2) is 0 Å². The number of fused-ring (bicyclic) bond motifs is 1. The molecule has 0 amide bonds. The summed E-state index contributed by atoms with van der Waals surface area (Å²) >= 11 is 0. The van der Waals surface area contributed by atoms with Crippen molar-refractivity contribution in [2.45, 2.75) is 0 Å². The first-order chi connectivity index (χ1) is 8.72. The number of aromatic nitrogens is 1. The van der Waals surface area contributed by atoms with Gasteiger partial charge in [-0.1, -0.05) is 5.16 Å². The predicted molar refractivity (Wildman–Crippen MR) is 59.0 cm³/mol. The second-order valence-electron chi connectivity index (χ2n) is 3.61. The van der Waals surface area contributed by atoms with Gasteiger partial charge in [-0.3, -0.25) is 0 Å². The van der Waals surface area contributed by atoms with Crippen LogP contribution in [0.3, 0.4) is 0 Å². The van der Waals surface area contributed by atoms with Crippen LogP contribution >= 0.6 is 0 Å². The van der Waals surface area contributed by atoms with Crippen LogP contribution in [0.4, 0.5) is 10.3 Å². The number of benzene rings is 1. The molecule has 7 heteroatoms.